The van der Waals surface area contributed by atoms with E-state index >= 15 is 0 Å². The zero-order chi connectivity index (χ0) is 25.6. The average molecular weight is 524 g/mol. The molecule has 4 heterocycles. The van der Waals surface area contributed by atoms with Crippen molar-refractivity contribution in [3.8, 4) is 11.4 Å². The number of benzene rings is 3. The number of piperidine rings is 1. The smallest absolute Gasteiger partial charge is 0.261 e. The minimum atomic E-state index is -0.221. The number of H-pyrrole nitrogens is 2. The Balaban J connectivity index is 1.31. The third-order valence-corrected chi connectivity index (χ3v) is 7.65. The molecule has 0 aliphatic carbocycles. The van der Waals surface area contributed by atoms with Crippen molar-refractivity contribution in [2.45, 2.75) is 25.4 Å². The third kappa shape index (κ3) is 4.02. The van der Waals surface area contributed by atoms with Crippen molar-refractivity contribution < 1.29 is 0 Å². The van der Waals surface area contributed by atoms with E-state index in [0.717, 1.165) is 58.9 Å². The molecular weight excluding hydrogens is 498 g/mol. The first-order chi connectivity index (χ1) is 18.6. The normalized spacial score (nSPS) is 14.6. The molecule has 1 saturated heterocycles. The number of imidazole rings is 2. The van der Waals surface area contributed by atoms with Crippen LogP contribution in [0.2, 0.25) is 5.02 Å². The molecule has 8 nitrogen and oxygen atoms in total. The fourth-order valence-electron chi connectivity index (χ4n) is 5.49. The van der Waals surface area contributed by atoms with Crippen LogP contribution in [0.4, 0.5) is 5.69 Å². The molecule has 1 aliphatic rings. The van der Waals surface area contributed by atoms with Crippen LogP contribution in [-0.4, -0.2) is 37.6 Å². The van der Waals surface area contributed by atoms with Gasteiger partial charge in [0, 0.05) is 23.0 Å². The minimum Gasteiger partial charge on any atom is -0.380 e. The highest BCUT2D eigenvalue weighted by Crippen LogP contribution is 2.33. The van der Waals surface area contributed by atoms with E-state index in [4.69, 9.17) is 16.6 Å². The van der Waals surface area contributed by atoms with Gasteiger partial charge in [0.15, 0.2) is 0 Å². The molecule has 3 aromatic heterocycles. The lowest BCUT2D eigenvalue weighted by Crippen LogP contribution is -2.29. The van der Waals surface area contributed by atoms with Crippen molar-refractivity contribution in [1.82, 2.24) is 29.8 Å². The molecule has 0 spiro atoms. The summed E-state index contributed by atoms with van der Waals surface area (Å²) in [6.45, 7) is 2.56. The first-order valence-corrected chi connectivity index (χ1v) is 13.2. The van der Waals surface area contributed by atoms with Crippen molar-refractivity contribution >= 4 is 50.3 Å². The number of anilines is 1. The van der Waals surface area contributed by atoms with Crippen molar-refractivity contribution in [2.24, 2.45) is 0 Å². The largest absolute Gasteiger partial charge is 0.380 e. The summed E-state index contributed by atoms with van der Waals surface area (Å²) in [5, 5.41) is 8.42. The second-order valence-electron chi connectivity index (χ2n) is 9.81. The molecule has 6 aromatic rings. The summed E-state index contributed by atoms with van der Waals surface area (Å²) in [5.41, 5.74) is 6.53. The number of halogens is 1. The highest BCUT2D eigenvalue weighted by molar-refractivity contribution is 6.31. The van der Waals surface area contributed by atoms with Crippen LogP contribution in [-0.2, 0) is 6.54 Å². The Morgan fingerprint density at radius 3 is 2.71 bits per heavy atom. The van der Waals surface area contributed by atoms with Gasteiger partial charge in [0.25, 0.3) is 5.56 Å². The lowest BCUT2D eigenvalue weighted by Gasteiger charge is -2.24. The van der Waals surface area contributed by atoms with Crippen LogP contribution in [0.5, 0.6) is 0 Å². The van der Waals surface area contributed by atoms with Crippen LogP contribution in [0.3, 0.4) is 0 Å². The number of hydrogen-bond acceptors (Lipinski definition) is 5. The average Bonchev–Trinajstić information content (AvgIpc) is 3.56. The molecular formula is C29H26ClN7O. The summed E-state index contributed by atoms with van der Waals surface area (Å²) in [5.74, 6) is 0.510. The number of hydrogen-bond donors (Lipinski definition) is 4. The van der Waals surface area contributed by atoms with Gasteiger partial charge in [-0.1, -0.05) is 29.8 Å². The molecule has 0 bridgehead atoms. The van der Waals surface area contributed by atoms with Gasteiger partial charge in [0.2, 0.25) is 0 Å². The van der Waals surface area contributed by atoms with Crippen LogP contribution in [0, 0.1) is 0 Å². The second kappa shape index (κ2) is 9.31. The third-order valence-electron chi connectivity index (χ3n) is 7.41. The number of para-hydroxylation sites is 2. The van der Waals surface area contributed by atoms with E-state index in [9.17, 15) is 4.79 Å². The van der Waals surface area contributed by atoms with Crippen LogP contribution in [0.1, 0.15) is 24.4 Å². The van der Waals surface area contributed by atoms with Gasteiger partial charge in [-0.25, -0.2) is 9.97 Å². The number of rotatable bonds is 5. The molecule has 38 heavy (non-hydrogen) atoms. The molecule has 0 amide bonds. The van der Waals surface area contributed by atoms with Crippen LogP contribution >= 0.6 is 11.6 Å². The van der Waals surface area contributed by atoms with Gasteiger partial charge in [-0.3, -0.25) is 4.79 Å². The van der Waals surface area contributed by atoms with Crippen molar-refractivity contribution in [3.63, 3.8) is 0 Å². The monoisotopic (exact) mass is 523 g/mol. The zero-order valence-corrected chi connectivity index (χ0v) is 21.3. The van der Waals surface area contributed by atoms with Gasteiger partial charge >= 0.3 is 0 Å². The molecule has 1 fully saturated rings. The maximum atomic E-state index is 13.4. The molecule has 190 valence electrons. The Kier molecular flexibility index (Phi) is 5.64. The minimum absolute atomic E-state index is 0.221. The van der Waals surface area contributed by atoms with Crippen LogP contribution in [0.15, 0.2) is 71.8 Å². The van der Waals surface area contributed by atoms with Gasteiger partial charge in [0.1, 0.15) is 11.4 Å². The Bertz CT molecular complexity index is 1830. The number of nitrogens with one attached hydrogen (secondary N) is 4. The quantitative estimate of drug-likeness (QED) is 0.235. The predicted molar refractivity (Wildman–Crippen MR) is 153 cm³/mol. The topological polar surface area (TPSA) is 103 Å². The molecule has 3 aromatic carbocycles. The van der Waals surface area contributed by atoms with E-state index in [2.05, 4.69) is 48.4 Å². The summed E-state index contributed by atoms with van der Waals surface area (Å²) >= 11 is 6.40. The van der Waals surface area contributed by atoms with E-state index in [0.29, 0.717) is 40.2 Å². The summed E-state index contributed by atoms with van der Waals surface area (Å²) in [6.07, 6.45) is 4.15. The number of aromatic amines is 2. The number of nitrogens with zero attached hydrogens (tertiary/aromatic N) is 3. The first kappa shape index (κ1) is 23.0. The standard InChI is InChI=1S/C29H26ClN7O/c30-18-6-8-21-20(14-18)27(26(29(38)36-21)28-34-22-3-1-2-4-23(22)35-28)32-15-17-5-7-24-25(13-17)37(16-33-24)19-9-11-31-12-10-19/h1-8,13-14,16,19,31H,9-12,15H2,(H,34,35)(H2,32,36,38). The van der Waals surface area contributed by atoms with Crippen molar-refractivity contribution in [3.05, 3.63) is 87.9 Å². The summed E-state index contributed by atoms with van der Waals surface area (Å²) in [7, 11) is 0. The molecule has 9 heteroatoms. The summed E-state index contributed by atoms with van der Waals surface area (Å²) in [6, 6.07) is 20.0. The summed E-state index contributed by atoms with van der Waals surface area (Å²) in [4.78, 5) is 29.1. The Morgan fingerprint density at radius 1 is 0.974 bits per heavy atom. The van der Waals surface area contributed by atoms with E-state index in [-0.39, 0.29) is 5.56 Å². The van der Waals surface area contributed by atoms with Gasteiger partial charge < -0.3 is 25.2 Å². The molecule has 0 radical (unpaired) electrons. The van der Waals surface area contributed by atoms with Crippen molar-refractivity contribution in [2.75, 3.05) is 18.4 Å². The van der Waals surface area contributed by atoms with E-state index in [1.807, 2.05) is 42.7 Å². The summed E-state index contributed by atoms with van der Waals surface area (Å²) < 4.78 is 2.31. The van der Waals surface area contributed by atoms with Crippen LogP contribution < -0.4 is 16.2 Å². The number of aromatic nitrogens is 5. The van der Waals surface area contributed by atoms with Crippen LogP contribution in [0.25, 0.3) is 44.4 Å². The maximum absolute atomic E-state index is 13.4. The van der Waals surface area contributed by atoms with Gasteiger partial charge in [-0.15, -0.1) is 0 Å². The molecule has 4 N–H and O–H groups in total. The van der Waals surface area contributed by atoms with E-state index < -0.39 is 0 Å². The Labute approximate surface area is 223 Å². The highest BCUT2D eigenvalue weighted by atomic mass is 35.5. The molecule has 0 unspecified atom stereocenters. The number of fused-ring (bicyclic) bond motifs is 3. The number of pyridine rings is 1. The van der Waals surface area contributed by atoms with E-state index in [1.165, 1.54) is 0 Å². The SMILES string of the molecule is O=c1[nH]c2ccc(Cl)cc2c(NCc2ccc3ncn(C4CCNCC4)c3c2)c1-c1nc2ccccc2[nH]1. The van der Waals surface area contributed by atoms with Gasteiger partial charge in [-0.05, 0) is 74.0 Å². The molecule has 0 saturated carbocycles. The molecule has 7 rings (SSSR count). The lowest BCUT2D eigenvalue weighted by molar-refractivity contribution is 0.374. The highest BCUT2D eigenvalue weighted by Gasteiger charge is 2.20. The predicted octanol–water partition coefficient (Wildman–Crippen LogP) is 5.61. The fraction of sp³-hybridized carbons (Fsp3) is 0.207. The van der Waals surface area contributed by atoms with Gasteiger partial charge in [0.05, 0.1) is 39.6 Å². The molecule has 1 aliphatic heterocycles. The fourth-order valence-corrected chi connectivity index (χ4v) is 5.67. The Hall–Kier alpha value is -4.14. The van der Waals surface area contributed by atoms with E-state index in [1.54, 1.807) is 6.07 Å². The maximum Gasteiger partial charge on any atom is 0.261 e. The van der Waals surface area contributed by atoms with Crippen molar-refractivity contribution in [1.29, 1.82) is 0 Å². The zero-order valence-electron chi connectivity index (χ0n) is 20.6. The second-order valence-corrected chi connectivity index (χ2v) is 10.2. The van der Waals surface area contributed by atoms with Gasteiger partial charge in [-0.2, -0.15) is 0 Å². The lowest BCUT2D eigenvalue weighted by atomic mass is 10.1. The Morgan fingerprint density at radius 2 is 1.84 bits per heavy atom. The molecule has 0 atom stereocenters. The first-order valence-electron chi connectivity index (χ1n) is 12.8.